The van der Waals surface area contributed by atoms with Gasteiger partial charge in [0.25, 0.3) is 0 Å². The highest BCUT2D eigenvalue weighted by Gasteiger charge is 2.51. The molecule has 1 nitrogen and oxygen atoms in total. The van der Waals surface area contributed by atoms with Crippen LogP contribution in [-0.2, 0) is 10.8 Å². The van der Waals surface area contributed by atoms with Crippen LogP contribution in [-0.4, -0.2) is 0 Å². The average Bonchev–Trinajstić information content (AvgIpc) is 3.80. The van der Waals surface area contributed by atoms with Crippen LogP contribution in [0.3, 0.4) is 0 Å². The fraction of sp³-hybridized carbons (Fsp3) is 0.127. The standard InChI is InChI=1S/C55H43N/c1-35(2)36-21-23-37(24-22-36)38-25-27-39(28-26-38)56(40-30-32-49-47(33-40)45-16-5-9-17-48(45)54(49,3)4)41-29-31-46-44-15-8-12-20-52(44)55(53(46)34-41)50-18-10-6-13-42(50)43-14-7-11-19-51(43)55/h5-35H,1-4H3. The van der Waals surface area contributed by atoms with Crippen LogP contribution < -0.4 is 4.90 Å². The van der Waals surface area contributed by atoms with E-state index in [-0.39, 0.29) is 5.41 Å². The zero-order valence-corrected chi connectivity index (χ0v) is 32.3. The molecule has 3 aliphatic rings. The van der Waals surface area contributed by atoms with Gasteiger partial charge in [-0.05, 0) is 126 Å². The minimum atomic E-state index is -0.409. The van der Waals surface area contributed by atoms with Crippen LogP contribution in [0.1, 0.15) is 72.6 Å². The van der Waals surface area contributed by atoms with Crippen LogP contribution in [0.2, 0.25) is 0 Å². The Hall–Kier alpha value is -6.44. The summed E-state index contributed by atoms with van der Waals surface area (Å²) in [5.41, 5.74) is 22.9. The van der Waals surface area contributed by atoms with Crippen molar-refractivity contribution in [2.45, 2.75) is 44.4 Å². The first-order valence-electron chi connectivity index (χ1n) is 20.0. The second-order valence-electron chi connectivity index (χ2n) is 16.7. The zero-order chi connectivity index (χ0) is 37.8. The average molecular weight is 718 g/mol. The van der Waals surface area contributed by atoms with Gasteiger partial charge in [-0.3, -0.25) is 0 Å². The molecule has 0 N–H and O–H groups in total. The zero-order valence-electron chi connectivity index (χ0n) is 32.3. The molecule has 268 valence electrons. The van der Waals surface area contributed by atoms with Crippen LogP contribution in [0, 0.1) is 0 Å². The Bertz CT molecular complexity index is 2790. The lowest BCUT2D eigenvalue weighted by molar-refractivity contribution is 0.660. The predicted octanol–water partition coefficient (Wildman–Crippen LogP) is 14.6. The summed E-state index contributed by atoms with van der Waals surface area (Å²) in [6.45, 7) is 9.22. The summed E-state index contributed by atoms with van der Waals surface area (Å²) in [6.07, 6.45) is 0. The van der Waals surface area contributed by atoms with Gasteiger partial charge < -0.3 is 4.90 Å². The van der Waals surface area contributed by atoms with Crippen molar-refractivity contribution >= 4 is 17.1 Å². The third-order valence-electron chi connectivity index (χ3n) is 13.1. The molecule has 0 amide bonds. The lowest BCUT2D eigenvalue weighted by Crippen LogP contribution is -2.26. The third-order valence-corrected chi connectivity index (χ3v) is 13.1. The molecule has 56 heavy (non-hydrogen) atoms. The maximum atomic E-state index is 2.50. The highest BCUT2D eigenvalue weighted by atomic mass is 15.1. The van der Waals surface area contributed by atoms with E-state index in [1.54, 1.807) is 0 Å². The van der Waals surface area contributed by atoms with Gasteiger partial charge in [-0.15, -0.1) is 0 Å². The Morgan fingerprint density at radius 1 is 0.357 bits per heavy atom. The van der Waals surface area contributed by atoms with Crippen LogP contribution in [0.25, 0.3) is 44.5 Å². The molecule has 0 saturated carbocycles. The molecule has 0 radical (unpaired) electrons. The van der Waals surface area contributed by atoms with E-state index in [1.807, 2.05) is 0 Å². The Morgan fingerprint density at radius 2 is 0.768 bits per heavy atom. The Kier molecular flexibility index (Phi) is 7.08. The van der Waals surface area contributed by atoms with Crippen molar-refractivity contribution in [3.8, 4) is 44.5 Å². The molecule has 8 aromatic carbocycles. The molecule has 1 spiro atoms. The quantitative estimate of drug-likeness (QED) is 0.171. The number of rotatable bonds is 5. The fourth-order valence-electron chi connectivity index (χ4n) is 10.4. The third kappa shape index (κ3) is 4.49. The number of benzene rings is 8. The van der Waals surface area contributed by atoms with Gasteiger partial charge in [0.15, 0.2) is 0 Å². The summed E-state index contributed by atoms with van der Waals surface area (Å²) in [6, 6.07) is 68.7. The van der Waals surface area contributed by atoms with E-state index in [4.69, 9.17) is 0 Å². The van der Waals surface area contributed by atoms with Crippen LogP contribution in [0.15, 0.2) is 182 Å². The van der Waals surface area contributed by atoms with Crippen LogP contribution in [0.5, 0.6) is 0 Å². The summed E-state index contributed by atoms with van der Waals surface area (Å²) in [4.78, 5) is 2.48. The van der Waals surface area contributed by atoms with Gasteiger partial charge >= 0.3 is 0 Å². The Labute approximate surface area is 330 Å². The van der Waals surface area contributed by atoms with E-state index in [0.717, 1.165) is 17.1 Å². The number of anilines is 3. The summed E-state index contributed by atoms with van der Waals surface area (Å²) in [5, 5.41) is 0. The van der Waals surface area contributed by atoms with Gasteiger partial charge in [0.05, 0.1) is 5.41 Å². The molecular weight excluding hydrogens is 675 g/mol. The lowest BCUT2D eigenvalue weighted by atomic mass is 9.70. The van der Waals surface area contributed by atoms with Crippen LogP contribution in [0.4, 0.5) is 17.1 Å². The van der Waals surface area contributed by atoms with Gasteiger partial charge in [-0.1, -0.05) is 173 Å². The largest absolute Gasteiger partial charge is 0.310 e. The summed E-state index contributed by atoms with van der Waals surface area (Å²) in [5.74, 6) is 0.510. The minimum absolute atomic E-state index is 0.0585. The maximum absolute atomic E-state index is 2.50. The highest BCUT2D eigenvalue weighted by molar-refractivity contribution is 5.96. The smallest absolute Gasteiger partial charge is 0.0726 e. The molecule has 0 saturated heterocycles. The number of nitrogens with zero attached hydrogens (tertiary/aromatic N) is 1. The molecule has 0 heterocycles. The van der Waals surface area contributed by atoms with Crippen molar-refractivity contribution in [2.75, 3.05) is 4.90 Å². The normalized spacial score (nSPS) is 14.5. The number of hydrogen-bond donors (Lipinski definition) is 0. The number of hydrogen-bond acceptors (Lipinski definition) is 1. The molecule has 0 unspecified atom stereocenters. The number of fused-ring (bicyclic) bond motifs is 13. The fourth-order valence-corrected chi connectivity index (χ4v) is 10.4. The summed E-state index contributed by atoms with van der Waals surface area (Å²) in [7, 11) is 0. The molecule has 3 aliphatic carbocycles. The Balaban J connectivity index is 1.13. The van der Waals surface area contributed by atoms with Crippen molar-refractivity contribution in [2.24, 2.45) is 0 Å². The van der Waals surface area contributed by atoms with Gasteiger partial charge in [0, 0.05) is 22.5 Å². The second-order valence-corrected chi connectivity index (χ2v) is 16.7. The molecule has 0 aliphatic heterocycles. The van der Waals surface area contributed by atoms with E-state index in [9.17, 15) is 0 Å². The SMILES string of the molecule is CC(C)c1ccc(-c2ccc(N(c3ccc4c(c3)-c3ccccc3C4(C)C)c3ccc4c(c3)C3(c5ccccc5-c5ccccc53)c3ccccc3-4)cc2)cc1. The lowest BCUT2D eigenvalue weighted by Gasteiger charge is -2.32. The molecule has 1 heteroatoms. The van der Waals surface area contributed by atoms with E-state index in [1.165, 1.54) is 83.5 Å². The summed E-state index contributed by atoms with van der Waals surface area (Å²) < 4.78 is 0. The monoisotopic (exact) mass is 717 g/mol. The van der Waals surface area contributed by atoms with E-state index >= 15 is 0 Å². The Morgan fingerprint density at radius 3 is 1.32 bits per heavy atom. The molecular formula is C55H43N. The van der Waals surface area contributed by atoms with Gasteiger partial charge in [-0.2, -0.15) is 0 Å². The molecule has 0 fully saturated rings. The first-order chi connectivity index (χ1) is 27.4. The molecule has 0 aromatic heterocycles. The first-order valence-corrected chi connectivity index (χ1v) is 20.0. The first kappa shape index (κ1) is 32.9. The van der Waals surface area contributed by atoms with E-state index < -0.39 is 5.41 Å². The topological polar surface area (TPSA) is 3.24 Å². The van der Waals surface area contributed by atoms with Gasteiger partial charge in [0.2, 0.25) is 0 Å². The van der Waals surface area contributed by atoms with Crippen molar-refractivity contribution in [1.82, 2.24) is 0 Å². The molecule has 0 bridgehead atoms. The highest BCUT2D eigenvalue weighted by Crippen LogP contribution is 2.63. The van der Waals surface area contributed by atoms with Crippen molar-refractivity contribution in [3.05, 3.63) is 221 Å². The molecule has 11 rings (SSSR count). The predicted molar refractivity (Wildman–Crippen MR) is 235 cm³/mol. The van der Waals surface area contributed by atoms with Crippen LogP contribution >= 0.6 is 0 Å². The second kappa shape index (κ2) is 12.0. The maximum Gasteiger partial charge on any atom is 0.0726 e. The van der Waals surface area contributed by atoms with Crippen molar-refractivity contribution in [1.29, 1.82) is 0 Å². The molecule has 8 aromatic rings. The van der Waals surface area contributed by atoms with E-state index in [0.29, 0.717) is 5.92 Å². The minimum Gasteiger partial charge on any atom is -0.310 e. The van der Waals surface area contributed by atoms with Gasteiger partial charge in [-0.25, -0.2) is 0 Å². The van der Waals surface area contributed by atoms with Gasteiger partial charge in [0.1, 0.15) is 0 Å². The van der Waals surface area contributed by atoms with Crippen molar-refractivity contribution in [3.63, 3.8) is 0 Å². The summed E-state index contributed by atoms with van der Waals surface area (Å²) >= 11 is 0. The van der Waals surface area contributed by atoms with E-state index in [2.05, 4.69) is 215 Å². The van der Waals surface area contributed by atoms with Crippen molar-refractivity contribution < 1.29 is 0 Å². The molecule has 0 atom stereocenters.